The summed E-state index contributed by atoms with van der Waals surface area (Å²) < 4.78 is 40.0. The van der Waals surface area contributed by atoms with Gasteiger partial charge in [0.15, 0.2) is 11.4 Å². The predicted molar refractivity (Wildman–Crippen MR) is 104 cm³/mol. The molecule has 0 aliphatic rings. The van der Waals surface area contributed by atoms with Crippen LogP contribution in [0.25, 0.3) is 16.9 Å². The highest BCUT2D eigenvalue weighted by Crippen LogP contribution is 2.31. The SMILES string of the molecule is NC(=O)c1ccc(CC(=O)c2cn3c(-c4ccc(C(F)(F)F)cc4)cnc3cn2)nc1. The molecule has 3 aromatic heterocycles. The van der Waals surface area contributed by atoms with Gasteiger partial charge in [0.2, 0.25) is 5.91 Å². The van der Waals surface area contributed by atoms with Crippen molar-refractivity contribution in [2.45, 2.75) is 12.6 Å². The number of hydrogen-bond donors (Lipinski definition) is 1. The highest BCUT2D eigenvalue weighted by Gasteiger charge is 2.30. The van der Waals surface area contributed by atoms with Crippen molar-refractivity contribution in [3.05, 3.63) is 83.7 Å². The number of Topliss-reactive ketones (excluding diaryl/α,β-unsaturated/α-hetero) is 1. The molecule has 0 aliphatic heterocycles. The molecule has 0 saturated carbocycles. The normalized spacial score (nSPS) is 11.6. The predicted octanol–water partition coefficient (Wildman–Crippen LogP) is 3.33. The van der Waals surface area contributed by atoms with Gasteiger partial charge in [0.25, 0.3) is 0 Å². The maximum atomic E-state index is 12.8. The second-order valence-corrected chi connectivity index (χ2v) is 6.72. The van der Waals surface area contributed by atoms with Crippen molar-refractivity contribution in [3.8, 4) is 11.3 Å². The van der Waals surface area contributed by atoms with Crippen molar-refractivity contribution < 1.29 is 22.8 Å². The van der Waals surface area contributed by atoms with Crippen LogP contribution in [-0.4, -0.2) is 31.0 Å². The summed E-state index contributed by atoms with van der Waals surface area (Å²) in [6, 6.07) is 7.68. The first-order valence-electron chi connectivity index (χ1n) is 9.01. The summed E-state index contributed by atoms with van der Waals surface area (Å²) in [4.78, 5) is 36.1. The molecule has 10 heteroatoms. The molecule has 0 bridgehead atoms. The Hall–Kier alpha value is -4.08. The Morgan fingerprint density at radius 1 is 0.935 bits per heavy atom. The van der Waals surface area contributed by atoms with E-state index >= 15 is 0 Å². The topological polar surface area (TPSA) is 103 Å². The first-order chi connectivity index (χ1) is 14.7. The van der Waals surface area contributed by atoms with Gasteiger partial charge in [0, 0.05) is 23.7 Å². The highest BCUT2D eigenvalue weighted by molar-refractivity contribution is 5.96. The molecule has 7 nitrogen and oxygen atoms in total. The Morgan fingerprint density at radius 2 is 1.68 bits per heavy atom. The van der Waals surface area contributed by atoms with E-state index in [-0.39, 0.29) is 23.5 Å². The van der Waals surface area contributed by atoms with Gasteiger partial charge in [-0.25, -0.2) is 9.97 Å². The van der Waals surface area contributed by atoms with Gasteiger partial charge < -0.3 is 5.73 Å². The summed E-state index contributed by atoms with van der Waals surface area (Å²) in [5.74, 6) is -0.943. The number of hydrogen-bond acceptors (Lipinski definition) is 5. The molecule has 0 unspecified atom stereocenters. The number of carbonyl (C=O) groups excluding carboxylic acids is 2. The van der Waals surface area contributed by atoms with Gasteiger partial charge >= 0.3 is 6.18 Å². The molecule has 156 valence electrons. The first kappa shape index (κ1) is 20.2. The van der Waals surface area contributed by atoms with Crippen LogP contribution in [0.3, 0.4) is 0 Å². The molecule has 1 amide bonds. The maximum absolute atomic E-state index is 12.8. The molecular weight excluding hydrogens is 411 g/mol. The van der Waals surface area contributed by atoms with Crippen LogP contribution in [0.2, 0.25) is 0 Å². The molecular formula is C21H14F3N5O2. The average molecular weight is 425 g/mol. The van der Waals surface area contributed by atoms with Crippen LogP contribution >= 0.6 is 0 Å². The Bertz CT molecular complexity index is 1280. The molecule has 0 radical (unpaired) electrons. The first-order valence-corrected chi connectivity index (χ1v) is 9.01. The standard InChI is InChI=1S/C21H14F3N5O2/c22-21(23,24)14-4-1-12(2-5-14)17-9-28-19-10-27-16(11-29(17)19)18(30)7-15-6-3-13(8-26-15)20(25)31/h1-6,8-11H,7H2,(H2,25,31). The number of fused-ring (bicyclic) bond motifs is 1. The second-order valence-electron chi connectivity index (χ2n) is 6.72. The van der Waals surface area contributed by atoms with E-state index in [1.807, 2.05) is 0 Å². The number of aromatic nitrogens is 4. The third kappa shape index (κ3) is 4.13. The van der Waals surface area contributed by atoms with Crippen LogP contribution in [0.15, 0.2) is 61.2 Å². The molecule has 0 aliphatic carbocycles. The number of carbonyl (C=O) groups is 2. The van der Waals surface area contributed by atoms with Crippen molar-refractivity contribution in [3.63, 3.8) is 0 Å². The van der Waals surface area contributed by atoms with E-state index in [2.05, 4.69) is 15.0 Å². The smallest absolute Gasteiger partial charge is 0.366 e. The van der Waals surface area contributed by atoms with E-state index in [1.54, 1.807) is 4.40 Å². The number of halogens is 3. The number of nitrogens with zero attached hydrogens (tertiary/aromatic N) is 4. The van der Waals surface area contributed by atoms with E-state index in [0.29, 0.717) is 22.6 Å². The number of imidazole rings is 1. The van der Waals surface area contributed by atoms with E-state index in [4.69, 9.17) is 5.73 Å². The van der Waals surface area contributed by atoms with Gasteiger partial charge in [-0.2, -0.15) is 13.2 Å². The summed E-state index contributed by atoms with van der Waals surface area (Å²) in [5.41, 5.74) is 6.69. The molecule has 4 aromatic rings. The van der Waals surface area contributed by atoms with Gasteiger partial charge in [-0.1, -0.05) is 12.1 Å². The molecule has 0 fully saturated rings. The molecule has 31 heavy (non-hydrogen) atoms. The van der Waals surface area contributed by atoms with Crippen LogP contribution < -0.4 is 5.73 Å². The summed E-state index contributed by atoms with van der Waals surface area (Å²) >= 11 is 0. The number of benzene rings is 1. The van der Waals surface area contributed by atoms with E-state index < -0.39 is 17.6 Å². The Morgan fingerprint density at radius 3 is 2.29 bits per heavy atom. The fourth-order valence-corrected chi connectivity index (χ4v) is 3.01. The van der Waals surface area contributed by atoms with Gasteiger partial charge in [0.05, 0.1) is 35.6 Å². The van der Waals surface area contributed by atoms with Crippen LogP contribution in [0.1, 0.15) is 32.1 Å². The Kier molecular flexibility index (Phi) is 4.97. The van der Waals surface area contributed by atoms with E-state index in [1.165, 1.54) is 49.1 Å². The van der Waals surface area contributed by atoms with Gasteiger partial charge in [-0.15, -0.1) is 0 Å². The Balaban J connectivity index is 1.62. The zero-order valence-corrected chi connectivity index (χ0v) is 15.8. The fraction of sp³-hybridized carbons (Fsp3) is 0.0952. The summed E-state index contributed by atoms with van der Waals surface area (Å²) in [5, 5.41) is 0. The van der Waals surface area contributed by atoms with Crippen LogP contribution in [0.5, 0.6) is 0 Å². The van der Waals surface area contributed by atoms with E-state index in [0.717, 1.165) is 12.1 Å². The zero-order valence-electron chi connectivity index (χ0n) is 15.8. The fourth-order valence-electron chi connectivity index (χ4n) is 3.01. The second kappa shape index (κ2) is 7.63. The van der Waals surface area contributed by atoms with Crippen molar-refractivity contribution in [2.75, 3.05) is 0 Å². The van der Waals surface area contributed by atoms with Crippen LogP contribution in [-0.2, 0) is 12.6 Å². The van der Waals surface area contributed by atoms with Crippen molar-refractivity contribution in [1.82, 2.24) is 19.4 Å². The lowest BCUT2D eigenvalue weighted by atomic mass is 10.1. The van der Waals surface area contributed by atoms with Crippen molar-refractivity contribution in [1.29, 1.82) is 0 Å². The lowest BCUT2D eigenvalue weighted by molar-refractivity contribution is -0.137. The Labute approximate surface area is 173 Å². The summed E-state index contributed by atoms with van der Waals surface area (Å²) in [6.45, 7) is 0. The molecule has 0 atom stereocenters. The molecule has 1 aromatic carbocycles. The number of rotatable bonds is 5. The minimum Gasteiger partial charge on any atom is -0.366 e. The molecule has 2 N–H and O–H groups in total. The largest absolute Gasteiger partial charge is 0.416 e. The lowest BCUT2D eigenvalue weighted by Gasteiger charge is -2.08. The number of ketones is 1. The third-order valence-electron chi connectivity index (χ3n) is 4.64. The molecule has 3 heterocycles. The lowest BCUT2D eigenvalue weighted by Crippen LogP contribution is -2.12. The highest BCUT2D eigenvalue weighted by atomic mass is 19.4. The van der Waals surface area contributed by atoms with Crippen LogP contribution in [0.4, 0.5) is 13.2 Å². The number of pyridine rings is 1. The minimum atomic E-state index is -4.43. The number of nitrogens with two attached hydrogens (primary N) is 1. The maximum Gasteiger partial charge on any atom is 0.416 e. The quantitative estimate of drug-likeness (QED) is 0.494. The average Bonchev–Trinajstić information content (AvgIpc) is 3.17. The van der Waals surface area contributed by atoms with Gasteiger partial charge in [-0.05, 0) is 24.3 Å². The number of primary amides is 1. The van der Waals surface area contributed by atoms with Crippen molar-refractivity contribution in [2.24, 2.45) is 5.73 Å². The monoisotopic (exact) mass is 425 g/mol. The van der Waals surface area contributed by atoms with Crippen LogP contribution in [0, 0.1) is 0 Å². The number of alkyl halides is 3. The van der Waals surface area contributed by atoms with Gasteiger partial charge in [0.1, 0.15) is 5.69 Å². The number of amides is 1. The summed E-state index contributed by atoms with van der Waals surface area (Å²) in [7, 11) is 0. The minimum absolute atomic E-state index is 0.0537. The third-order valence-corrected chi connectivity index (χ3v) is 4.64. The van der Waals surface area contributed by atoms with E-state index in [9.17, 15) is 22.8 Å². The summed E-state index contributed by atoms with van der Waals surface area (Å²) in [6.07, 6.45) is 1.20. The molecule has 0 spiro atoms. The zero-order chi connectivity index (χ0) is 22.2. The molecule has 4 rings (SSSR count). The van der Waals surface area contributed by atoms with Crippen molar-refractivity contribution >= 4 is 17.3 Å². The van der Waals surface area contributed by atoms with Gasteiger partial charge in [-0.3, -0.25) is 19.0 Å². The molecule has 0 saturated heterocycles.